The fraction of sp³-hybridized carbons (Fsp3) is 0.444. The molecule has 0 saturated carbocycles. The van der Waals surface area contributed by atoms with Crippen LogP contribution in [-0.2, 0) is 19.9 Å². The Morgan fingerprint density at radius 1 is 1.28 bits per heavy atom. The summed E-state index contributed by atoms with van der Waals surface area (Å²) in [5.74, 6) is -0.249. The van der Waals surface area contributed by atoms with Crippen LogP contribution in [0.3, 0.4) is 0 Å². The summed E-state index contributed by atoms with van der Waals surface area (Å²) in [6.45, 7) is -0.167. The van der Waals surface area contributed by atoms with Gasteiger partial charge in [-0.3, -0.25) is 4.98 Å². The summed E-state index contributed by atoms with van der Waals surface area (Å²) in [4.78, 5) is 3.73. The van der Waals surface area contributed by atoms with Crippen molar-refractivity contribution in [3.8, 4) is 0 Å². The molecule has 0 aliphatic heterocycles. The smallest absolute Gasteiger partial charge is 0.244 e. The summed E-state index contributed by atoms with van der Waals surface area (Å²) >= 11 is 0. The molecular formula is C9H15N3O4S2. The van der Waals surface area contributed by atoms with Crippen LogP contribution < -0.4 is 10.0 Å². The Morgan fingerprint density at radius 2 is 1.94 bits per heavy atom. The van der Waals surface area contributed by atoms with Crippen molar-refractivity contribution < 1.29 is 16.8 Å². The van der Waals surface area contributed by atoms with Crippen LogP contribution in [0.15, 0.2) is 23.4 Å². The molecule has 0 spiro atoms. The monoisotopic (exact) mass is 293 g/mol. The molecule has 1 rings (SSSR count). The summed E-state index contributed by atoms with van der Waals surface area (Å²) < 4.78 is 47.9. The molecule has 102 valence electrons. The highest BCUT2D eigenvalue weighted by Crippen LogP contribution is 2.18. The fourth-order valence-electron chi connectivity index (χ4n) is 1.24. The number of rotatable bonds is 6. The Morgan fingerprint density at radius 3 is 2.50 bits per heavy atom. The van der Waals surface area contributed by atoms with E-state index in [1.807, 2.05) is 0 Å². The summed E-state index contributed by atoms with van der Waals surface area (Å²) in [7, 11) is -5.38. The summed E-state index contributed by atoms with van der Waals surface area (Å²) in [6, 6.07) is 1.52. The van der Waals surface area contributed by atoms with Gasteiger partial charge < -0.3 is 5.32 Å². The van der Waals surface area contributed by atoms with Crippen LogP contribution in [0.2, 0.25) is 0 Å². The number of anilines is 1. The molecule has 0 aliphatic carbocycles. The van der Waals surface area contributed by atoms with Gasteiger partial charge in [-0.05, 0) is 6.07 Å². The Labute approximate surface area is 107 Å². The molecule has 0 saturated heterocycles. The Bertz CT molecular complexity index is 610. The van der Waals surface area contributed by atoms with Crippen molar-refractivity contribution in [2.24, 2.45) is 0 Å². The molecule has 0 bridgehead atoms. The fourth-order valence-corrected chi connectivity index (χ4v) is 3.03. The molecule has 2 N–H and O–H groups in total. The van der Waals surface area contributed by atoms with Gasteiger partial charge in [0.1, 0.15) is 14.7 Å². The number of sulfone groups is 1. The zero-order valence-electron chi connectivity index (χ0n) is 10.0. The van der Waals surface area contributed by atoms with E-state index < -0.39 is 19.9 Å². The predicted octanol–water partition coefficient (Wildman–Crippen LogP) is -0.554. The van der Waals surface area contributed by atoms with Crippen molar-refractivity contribution in [1.29, 1.82) is 0 Å². The summed E-state index contributed by atoms with van der Waals surface area (Å²) in [5, 5.41) is 2.73. The Kier molecular flexibility index (Phi) is 4.65. The maximum Gasteiger partial charge on any atom is 0.244 e. The van der Waals surface area contributed by atoms with E-state index in [1.165, 1.54) is 18.5 Å². The van der Waals surface area contributed by atoms with Gasteiger partial charge in [-0.25, -0.2) is 21.6 Å². The minimum Gasteiger partial charge on any atom is -0.387 e. The Hall–Kier alpha value is -1.19. The van der Waals surface area contributed by atoms with E-state index in [-0.39, 0.29) is 17.2 Å². The molecule has 18 heavy (non-hydrogen) atoms. The number of hydrogen-bond acceptors (Lipinski definition) is 6. The average molecular weight is 293 g/mol. The molecule has 9 heteroatoms. The maximum absolute atomic E-state index is 11.9. The standard InChI is InChI=1S/C9H15N3O4S2/c1-10-8-3-4-11-7-9(8)18(15,16)12-5-6-17(2,13)14/h3-4,7,12H,5-6H2,1-2H3,(H,10,11). The van der Waals surface area contributed by atoms with Crippen molar-refractivity contribution in [2.45, 2.75) is 4.90 Å². The molecule has 0 aliphatic rings. The van der Waals surface area contributed by atoms with E-state index in [4.69, 9.17) is 0 Å². The van der Waals surface area contributed by atoms with Crippen molar-refractivity contribution in [1.82, 2.24) is 9.71 Å². The Balaban J connectivity index is 2.87. The van der Waals surface area contributed by atoms with Crippen LogP contribution in [-0.4, -0.2) is 47.4 Å². The van der Waals surface area contributed by atoms with Gasteiger partial charge in [0, 0.05) is 32.2 Å². The van der Waals surface area contributed by atoms with Gasteiger partial charge in [0.25, 0.3) is 0 Å². The third-order valence-electron chi connectivity index (χ3n) is 2.11. The first kappa shape index (κ1) is 14.9. The summed E-state index contributed by atoms with van der Waals surface area (Å²) in [5.41, 5.74) is 0.400. The van der Waals surface area contributed by atoms with Crippen LogP contribution >= 0.6 is 0 Å². The number of nitrogens with one attached hydrogen (secondary N) is 2. The molecule has 7 nitrogen and oxygen atoms in total. The van der Waals surface area contributed by atoms with Crippen LogP contribution in [0.1, 0.15) is 0 Å². The average Bonchev–Trinajstić information content (AvgIpc) is 2.27. The molecule has 0 atom stereocenters. The highest BCUT2D eigenvalue weighted by Gasteiger charge is 2.18. The third-order valence-corrected chi connectivity index (χ3v) is 4.54. The lowest BCUT2D eigenvalue weighted by Gasteiger charge is -2.09. The number of nitrogens with zero attached hydrogens (tertiary/aromatic N) is 1. The lowest BCUT2D eigenvalue weighted by Crippen LogP contribution is -2.29. The minimum absolute atomic E-state index is 0.0130. The van der Waals surface area contributed by atoms with E-state index >= 15 is 0 Å². The molecular weight excluding hydrogens is 278 g/mol. The second kappa shape index (κ2) is 5.63. The molecule has 0 aromatic carbocycles. The van der Waals surface area contributed by atoms with Crippen LogP contribution in [0, 0.1) is 0 Å². The zero-order valence-corrected chi connectivity index (χ0v) is 11.7. The van der Waals surface area contributed by atoms with Crippen LogP contribution in [0.5, 0.6) is 0 Å². The second-order valence-corrected chi connectivity index (χ2v) is 7.64. The van der Waals surface area contributed by atoms with E-state index in [0.29, 0.717) is 5.69 Å². The lowest BCUT2D eigenvalue weighted by atomic mass is 10.4. The second-order valence-electron chi connectivity index (χ2n) is 3.65. The lowest BCUT2D eigenvalue weighted by molar-refractivity contribution is 0.582. The number of aromatic nitrogens is 1. The van der Waals surface area contributed by atoms with E-state index in [9.17, 15) is 16.8 Å². The molecule has 1 aromatic heterocycles. The van der Waals surface area contributed by atoms with Gasteiger partial charge in [0.05, 0.1) is 11.4 Å². The van der Waals surface area contributed by atoms with Gasteiger partial charge in [-0.15, -0.1) is 0 Å². The highest BCUT2D eigenvalue weighted by atomic mass is 32.2. The van der Waals surface area contributed by atoms with Crippen molar-refractivity contribution in [2.75, 3.05) is 30.9 Å². The first-order valence-corrected chi connectivity index (χ1v) is 8.60. The quantitative estimate of drug-likeness (QED) is 0.729. The van der Waals surface area contributed by atoms with Gasteiger partial charge in [-0.1, -0.05) is 0 Å². The van der Waals surface area contributed by atoms with Crippen LogP contribution in [0.4, 0.5) is 5.69 Å². The van der Waals surface area contributed by atoms with Gasteiger partial charge in [0.2, 0.25) is 10.0 Å². The largest absolute Gasteiger partial charge is 0.387 e. The van der Waals surface area contributed by atoms with E-state index in [2.05, 4.69) is 15.0 Å². The normalized spacial score (nSPS) is 12.3. The SMILES string of the molecule is CNc1ccncc1S(=O)(=O)NCCS(C)(=O)=O. The van der Waals surface area contributed by atoms with Crippen molar-refractivity contribution in [3.63, 3.8) is 0 Å². The predicted molar refractivity (Wildman–Crippen MR) is 68.7 cm³/mol. The van der Waals surface area contributed by atoms with Gasteiger partial charge >= 0.3 is 0 Å². The highest BCUT2D eigenvalue weighted by molar-refractivity contribution is 7.91. The maximum atomic E-state index is 11.9. The first-order chi connectivity index (χ1) is 8.26. The minimum atomic E-state index is -3.76. The van der Waals surface area contributed by atoms with Gasteiger partial charge in [0.15, 0.2) is 0 Å². The topological polar surface area (TPSA) is 105 Å². The van der Waals surface area contributed by atoms with E-state index in [0.717, 1.165) is 6.26 Å². The van der Waals surface area contributed by atoms with Crippen molar-refractivity contribution >= 4 is 25.5 Å². The molecule has 1 aromatic rings. The van der Waals surface area contributed by atoms with Crippen LogP contribution in [0.25, 0.3) is 0 Å². The molecule has 0 unspecified atom stereocenters. The number of sulfonamides is 1. The van der Waals surface area contributed by atoms with Gasteiger partial charge in [-0.2, -0.15) is 0 Å². The van der Waals surface area contributed by atoms with E-state index in [1.54, 1.807) is 7.05 Å². The molecule has 0 radical (unpaired) electrons. The zero-order chi connectivity index (χ0) is 13.8. The summed E-state index contributed by atoms with van der Waals surface area (Å²) in [6.07, 6.45) is 3.71. The molecule has 0 fully saturated rings. The molecule has 1 heterocycles. The third kappa shape index (κ3) is 4.24. The number of hydrogen-bond donors (Lipinski definition) is 2. The first-order valence-electron chi connectivity index (χ1n) is 5.05. The molecule has 0 amide bonds. The van der Waals surface area contributed by atoms with Crippen molar-refractivity contribution in [3.05, 3.63) is 18.5 Å². The number of pyridine rings is 1.